The number of rotatable bonds is 5. The topological polar surface area (TPSA) is 35.0 Å². The summed E-state index contributed by atoms with van der Waals surface area (Å²) >= 11 is 6.02. The lowest BCUT2D eigenvalue weighted by atomic mass is 10.2. The van der Waals surface area contributed by atoms with Gasteiger partial charge in [0, 0.05) is 11.5 Å². The van der Waals surface area contributed by atoms with Gasteiger partial charge in [0.2, 0.25) is 5.88 Å². The summed E-state index contributed by atoms with van der Waals surface area (Å²) in [6.07, 6.45) is 2.60. The Hall–Kier alpha value is -1.09. The second-order valence-electron chi connectivity index (χ2n) is 3.88. The molecule has 88 valence electrons. The van der Waals surface area contributed by atoms with Crippen LogP contribution in [0, 0.1) is 6.92 Å². The third kappa shape index (κ3) is 3.20. The number of ether oxygens (including phenoxy) is 1. The summed E-state index contributed by atoms with van der Waals surface area (Å²) in [6, 6.07) is 0. The molecule has 0 unspecified atom stereocenters. The Kier molecular flexibility index (Phi) is 4.74. The van der Waals surface area contributed by atoms with Crippen molar-refractivity contribution in [1.82, 2.24) is 9.97 Å². The van der Waals surface area contributed by atoms with E-state index in [1.165, 1.54) is 0 Å². The molecule has 0 saturated heterocycles. The smallest absolute Gasteiger partial charge is 0.221 e. The van der Waals surface area contributed by atoms with Crippen molar-refractivity contribution in [1.29, 1.82) is 0 Å². The third-order valence-electron chi connectivity index (χ3n) is 2.14. The van der Waals surface area contributed by atoms with E-state index in [1.54, 1.807) is 0 Å². The van der Waals surface area contributed by atoms with Crippen molar-refractivity contribution in [2.45, 2.75) is 33.1 Å². The summed E-state index contributed by atoms with van der Waals surface area (Å²) in [5, 5.41) is 0.465. The van der Waals surface area contributed by atoms with Gasteiger partial charge in [-0.2, -0.15) is 4.98 Å². The van der Waals surface area contributed by atoms with Crippen LogP contribution in [0.1, 0.15) is 37.6 Å². The Morgan fingerprint density at radius 1 is 1.44 bits per heavy atom. The minimum absolute atomic E-state index is 0.236. The van der Waals surface area contributed by atoms with Gasteiger partial charge in [-0.05, 0) is 13.3 Å². The standard InChI is InChI=1S/C12H17ClN2O/c1-5-6-7-16-12-9(4)10(13)14-11(15-12)8(2)3/h5,8H,1,6-7H2,2-4H3. The van der Waals surface area contributed by atoms with Crippen molar-refractivity contribution >= 4 is 11.6 Å². The summed E-state index contributed by atoms with van der Waals surface area (Å²) in [7, 11) is 0. The number of aromatic nitrogens is 2. The van der Waals surface area contributed by atoms with E-state index in [0.29, 0.717) is 23.5 Å². The van der Waals surface area contributed by atoms with Crippen molar-refractivity contribution in [2.75, 3.05) is 6.61 Å². The SMILES string of the molecule is C=CCCOc1nc(C(C)C)nc(Cl)c1C. The van der Waals surface area contributed by atoms with Gasteiger partial charge >= 0.3 is 0 Å². The molecule has 0 aromatic carbocycles. The molecule has 0 bridgehead atoms. The first kappa shape index (κ1) is 13.0. The van der Waals surface area contributed by atoms with Crippen LogP contribution in [0.2, 0.25) is 5.15 Å². The van der Waals surface area contributed by atoms with E-state index in [2.05, 4.69) is 16.5 Å². The molecule has 0 amide bonds. The zero-order valence-corrected chi connectivity index (χ0v) is 10.7. The number of hydrogen-bond acceptors (Lipinski definition) is 3. The summed E-state index contributed by atoms with van der Waals surface area (Å²) in [5.41, 5.74) is 0.787. The molecule has 0 saturated carbocycles. The maximum absolute atomic E-state index is 6.02. The van der Waals surface area contributed by atoms with Crippen LogP contribution < -0.4 is 4.74 Å². The number of hydrogen-bond donors (Lipinski definition) is 0. The molecule has 0 atom stereocenters. The largest absolute Gasteiger partial charge is 0.477 e. The second kappa shape index (κ2) is 5.85. The molecule has 0 aliphatic rings. The highest BCUT2D eigenvalue weighted by Gasteiger charge is 2.12. The molecular weight excluding hydrogens is 224 g/mol. The molecule has 0 spiro atoms. The van der Waals surface area contributed by atoms with Crippen LogP contribution in [0.3, 0.4) is 0 Å². The molecule has 3 nitrogen and oxygen atoms in total. The van der Waals surface area contributed by atoms with Crippen molar-refractivity contribution < 1.29 is 4.74 Å². The zero-order valence-electron chi connectivity index (χ0n) is 9.96. The summed E-state index contributed by atoms with van der Waals surface area (Å²) in [5.74, 6) is 1.52. The van der Waals surface area contributed by atoms with Gasteiger partial charge in [-0.25, -0.2) is 4.98 Å². The van der Waals surface area contributed by atoms with Crippen LogP contribution in [0.5, 0.6) is 5.88 Å². The van der Waals surface area contributed by atoms with Gasteiger partial charge in [-0.15, -0.1) is 6.58 Å². The monoisotopic (exact) mass is 240 g/mol. The fourth-order valence-electron chi connectivity index (χ4n) is 1.12. The average molecular weight is 241 g/mol. The summed E-state index contributed by atoms with van der Waals surface area (Å²) < 4.78 is 5.54. The molecule has 0 aliphatic heterocycles. The maximum Gasteiger partial charge on any atom is 0.221 e. The third-order valence-corrected chi connectivity index (χ3v) is 2.50. The fraction of sp³-hybridized carbons (Fsp3) is 0.500. The Bertz CT molecular complexity index is 378. The van der Waals surface area contributed by atoms with Gasteiger partial charge in [0.05, 0.1) is 6.61 Å². The van der Waals surface area contributed by atoms with Gasteiger partial charge in [0.25, 0.3) is 0 Å². The van der Waals surface area contributed by atoms with E-state index in [-0.39, 0.29) is 5.92 Å². The van der Waals surface area contributed by atoms with E-state index in [9.17, 15) is 0 Å². The summed E-state index contributed by atoms with van der Waals surface area (Å²) in [4.78, 5) is 8.57. The second-order valence-corrected chi connectivity index (χ2v) is 4.24. The van der Waals surface area contributed by atoms with Crippen LogP contribution in [-0.2, 0) is 0 Å². The number of halogens is 1. The predicted octanol–water partition coefficient (Wildman–Crippen LogP) is 3.52. The van der Waals surface area contributed by atoms with Crippen LogP contribution in [-0.4, -0.2) is 16.6 Å². The Labute approximate surface area is 102 Å². The Morgan fingerprint density at radius 2 is 2.12 bits per heavy atom. The average Bonchev–Trinajstić information content (AvgIpc) is 2.24. The molecule has 0 aliphatic carbocycles. The first-order valence-electron chi connectivity index (χ1n) is 5.34. The molecule has 1 aromatic rings. The van der Waals surface area contributed by atoms with Gasteiger partial charge < -0.3 is 4.74 Å². The van der Waals surface area contributed by atoms with Crippen molar-refractivity contribution in [3.8, 4) is 5.88 Å². The van der Waals surface area contributed by atoms with Crippen LogP contribution >= 0.6 is 11.6 Å². The molecule has 0 N–H and O–H groups in total. The lowest BCUT2D eigenvalue weighted by Crippen LogP contribution is -2.06. The fourth-order valence-corrected chi connectivity index (χ4v) is 1.29. The van der Waals surface area contributed by atoms with E-state index < -0.39 is 0 Å². The van der Waals surface area contributed by atoms with Gasteiger partial charge in [-0.1, -0.05) is 31.5 Å². The van der Waals surface area contributed by atoms with Gasteiger partial charge in [0.1, 0.15) is 11.0 Å². The molecule has 1 heterocycles. The minimum Gasteiger partial charge on any atom is -0.477 e. The molecule has 0 fully saturated rings. The van der Waals surface area contributed by atoms with E-state index in [0.717, 1.165) is 12.0 Å². The summed E-state index contributed by atoms with van der Waals surface area (Å²) in [6.45, 7) is 10.1. The first-order chi connectivity index (χ1) is 7.56. The predicted molar refractivity (Wildman–Crippen MR) is 66.2 cm³/mol. The highest BCUT2D eigenvalue weighted by atomic mass is 35.5. The molecule has 1 aromatic heterocycles. The molecule has 1 rings (SSSR count). The van der Waals surface area contributed by atoms with Gasteiger partial charge in [-0.3, -0.25) is 0 Å². The van der Waals surface area contributed by atoms with Crippen molar-refractivity contribution in [3.05, 3.63) is 29.2 Å². The first-order valence-corrected chi connectivity index (χ1v) is 5.71. The number of nitrogens with zero attached hydrogens (tertiary/aromatic N) is 2. The normalized spacial score (nSPS) is 10.6. The van der Waals surface area contributed by atoms with E-state index >= 15 is 0 Å². The lowest BCUT2D eigenvalue weighted by Gasteiger charge is -2.11. The van der Waals surface area contributed by atoms with Crippen LogP contribution in [0.25, 0.3) is 0 Å². The van der Waals surface area contributed by atoms with Crippen molar-refractivity contribution in [3.63, 3.8) is 0 Å². The lowest BCUT2D eigenvalue weighted by molar-refractivity contribution is 0.307. The van der Waals surface area contributed by atoms with Crippen LogP contribution in [0.15, 0.2) is 12.7 Å². The molecule has 16 heavy (non-hydrogen) atoms. The van der Waals surface area contributed by atoms with Crippen molar-refractivity contribution in [2.24, 2.45) is 0 Å². The molecule has 0 radical (unpaired) electrons. The Balaban J connectivity index is 2.92. The van der Waals surface area contributed by atoms with E-state index in [4.69, 9.17) is 16.3 Å². The minimum atomic E-state index is 0.236. The molecule has 4 heteroatoms. The maximum atomic E-state index is 6.02. The van der Waals surface area contributed by atoms with Gasteiger partial charge in [0.15, 0.2) is 0 Å². The zero-order chi connectivity index (χ0) is 12.1. The highest BCUT2D eigenvalue weighted by Crippen LogP contribution is 2.24. The van der Waals surface area contributed by atoms with Crippen LogP contribution in [0.4, 0.5) is 0 Å². The van der Waals surface area contributed by atoms with E-state index in [1.807, 2.05) is 26.8 Å². The highest BCUT2D eigenvalue weighted by molar-refractivity contribution is 6.30. The quantitative estimate of drug-likeness (QED) is 0.449. The molecular formula is C12H17ClN2O. The Morgan fingerprint density at radius 3 is 2.69 bits per heavy atom.